The molecule has 1 unspecified atom stereocenters. The number of hydrogen-bond acceptors (Lipinski definition) is 8. The van der Waals surface area contributed by atoms with E-state index in [1.54, 1.807) is 23.0 Å². The van der Waals surface area contributed by atoms with E-state index in [1.807, 2.05) is 59.2 Å². The van der Waals surface area contributed by atoms with Crippen molar-refractivity contribution in [3.8, 4) is 5.69 Å². The molecule has 11 nitrogen and oxygen atoms in total. The first kappa shape index (κ1) is 23.8. The number of β-amino-alcohol motifs (C(OH)–C–C–N with tert-alkyl or cyclic N) is 1. The van der Waals surface area contributed by atoms with E-state index in [0.717, 1.165) is 33.8 Å². The number of para-hydroxylation sites is 1. The van der Waals surface area contributed by atoms with Crippen LogP contribution in [-0.2, 0) is 9.59 Å². The van der Waals surface area contributed by atoms with Gasteiger partial charge in [0.2, 0.25) is 11.5 Å². The number of isocyanates is 1. The minimum Gasteiger partial charge on any atom is -0.395 e. The van der Waals surface area contributed by atoms with Gasteiger partial charge in [-0.3, -0.25) is 9.69 Å². The van der Waals surface area contributed by atoms with Gasteiger partial charge in [-0.25, -0.2) is 9.67 Å². The number of nitrogens with two attached hydrogens (primary N) is 1. The third-order valence-electron chi connectivity index (χ3n) is 7.19. The lowest BCUT2D eigenvalue weighted by atomic mass is 10.0. The maximum Gasteiger partial charge on any atom is 0.437 e. The van der Waals surface area contributed by atoms with E-state index in [0.29, 0.717) is 37.7 Å². The molecule has 192 valence electrons. The number of nitrogens with one attached hydrogen (secondary N) is 1. The van der Waals surface area contributed by atoms with Crippen molar-refractivity contribution in [1.29, 1.82) is 0 Å². The number of aryl methyl sites for hydroxylation is 1. The number of H-pyrrole nitrogens is 1. The standard InChI is InChI=1S/C27H27N8O3/c1-17-30-20-7-6-19(13-21(20)31-17)35-27(28)24(14-29-35)33-9-8-32(10-11-36)25(15-33)26(38)23-12-18-4-2-3-5-22(18)34(23)16-37/h2-7,12-14,25,36H,8-11,15,28H2,1H3,(H,30,31)/q+1. The van der Waals surface area contributed by atoms with Crippen LogP contribution in [0, 0.1) is 6.92 Å². The minimum atomic E-state index is -0.598. The molecule has 38 heavy (non-hydrogen) atoms. The summed E-state index contributed by atoms with van der Waals surface area (Å²) in [4.78, 5) is 37.3. The number of Topliss-reactive ketones (excluding diaryl/α,β-unsaturated/α-hetero) is 1. The lowest BCUT2D eigenvalue weighted by molar-refractivity contribution is -0.370. The number of nitrogen functional groups attached to an aromatic ring is 1. The third kappa shape index (κ3) is 3.90. The summed E-state index contributed by atoms with van der Waals surface area (Å²) < 4.78 is 2.94. The van der Waals surface area contributed by atoms with Crippen LogP contribution < -0.4 is 10.6 Å². The van der Waals surface area contributed by atoms with Crippen molar-refractivity contribution in [3.63, 3.8) is 0 Å². The summed E-state index contributed by atoms with van der Waals surface area (Å²) >= 11 is 0. The summed E-state index contributed by atoms with van der Waals surface area (Å²) in [6.45, 7) is 3.62. The molecule has 0 aliphatic carbocycles. The van der Waals surface area contributed by atoms with Crippen LogP contribution in [0.4, 0.5) is 17.2 Å². The number of anilines is 2. The Bertz CT molecular complexity index is 1640. The Morgan fingerprint density at radius 3 is 2.92 bits per heavy atom. The van der Waals surface area contributed by atoms with Gasteiger partial charge in [-0.15, -0.1) is 0 Å². The Kier molecular flexibility index (Phi) is 5.88. The molecule has 1 atom stereocenters. The molecule has 0 radical (unpaired) electrons. The fourth-order valence-corrected chi connectivity index (χ4v) is 5.34. The van der Waals surface area contributed by atoms with Crippen LogP contribution in [-0.4, -0.2) is 85.0 Å². The maximum absolute atomic E-state index is 13.8. The lowest BCUT2D eigenvalue weighted by Crippen LogP contribution is -2.57. The summed E-state index contributed by atoms with van der Waals surface area (Å²) in [5.41, 5.74) is 11.5. The number of rotatable bonds is 6. The second-order valence-electron chi connectivity index (χ2n) is 9.45. The summed E-state index contributed by atoms with van der Waals surface area (Å²) in [5, 5.41) is 14.2. The topological polar surface area (TPSA) is 136 Å². The molecule has 0 bridgehead atoms. The number of benzene rings is 2. The first-order valence-electron chi connectivity index (χ1n) is 12.4. The number of ketones is 1. The molecule has 0 spiro atoms. The van der Waals surface area contributed by atoms with Crippen molar-refractivity contribution in [2.45, 2.75) is 13.0 Å². The number of aliphatic hydroxyl groups excluding tert-OH is 1. The number of aromatic amines is 1. The summed E-state index contributed by atoms with van der Waals surface area (Å²) in [7, 11) is 0. The number of imidazole rings is 1. The van der Waals surface area contributed by atoms with Gasteiger partial charge in [-0.2, -0.15) is 9.89 Å². The van der Waals surface area contributed by atoms with Gasteiger partial charge in [0.25, 0.3) is 5.70 Å². The molecule has 6 rings (SSSR count). The Hall–Kier alpha value is -4.57. The molecule has 11 heteroatoms. The highest BCUT2D eigenvalue weighted by molar-refractivity contribution is 6.03. The van der Waals surface area contributed by atoms with E-state index >= 15 is 0 Å². The molecule has 4 heterocycles. The van der Waals surface area contributed by atoms with Crippen molar-refractivity contribution in [1.82, 2.24) is 24.6 Å². The van der Waals surface area contributed by atoms with Crippen molar-refractivity contribution < 1.29 is 19.3 Å². The van der Waals surface area contributed by atoms with Crippen LogP contribution in [0.2, 0.25) is 0 Å². The van der Waals surface area contributed by atoms with Gasteiger partial charge in [-0.05, 0) is 31.2 Å². The molecule has 1 saturated heterocycles. The lowest BCUT2D eigenvalue weighted by Gasteiger charge is -2.40. The smallest absolute Gasteiger partial charge is 0.395 e. The van der Waals surface area contributed by atoms with E-state index in [9.17, 15) is 14.7 Å². The zero-order chi connectivity index (χ0) is 26.4. The number of fused-ring (bicyclic) bond motifs is 2. The summed E-state index contributed by atoms with van der Waals surface area (Å²) in [5.74, 6) is 1.07. The Labute approximate surface area is 218 Å². The predicted octanol–water partition coefficient (Wildman–Crippen LogP) is 1.73. The van der Waals surface area contributed by atoms with Crippen molar-refractivity contribution in [2.24, 2.45) is 0 Å². The zero-order valence-corrected chi connectivity index (χ0v) is 20.8. The zero-order valence-electron chi connectivity index (χ0n) is 20.8. The Balaban J connectivity index is 1.30. The first-order valence-corrected chi connectivity index (χ1v) is 12.4. The van der Waals surface area contributed by atoms with Crippen molar-refractivity contribution in [3.05, 3.63) is 65.7 Å². The van der Waals surface area contributed by atoms with Crippen LogP contribution >= 0.6 is 0 Å². The van der Waals surface area contributed by atoms with E-state index in [2.05, 4.69) is 15.1 Å². The second kappa shape index (κ2) is 9.38. The van der Waals surface area contributed by atoms with Gasteiger partial charge in [0.15, 0.2) is 5.82 Å². The highest BCUT2D eigenvalue weighted by Gasteiger charge is 2.42. The number of piperazine rings is 1. The van der Waals surface area contributed by atoms with Crippen LogP contribution in [0.1, 0.15) is 11.4 Å². The summed E-state index contributed by atoms with van der Waals surface area (Å²) in [6, 6.07) is 12.5. The monoisotopic (exact) mass is 511 g/mol. The highest BCUT2D eigenvalue weighted by atomic mass is 16.3. The van der Waals surface area contributed by atoms with Gasteiger partial charge < -0.3 is 20.7 Å². The molecular formula is C27H27N8O3+. The fraction of sp³-hybridized carbons (Fsp3) is 0.259. The SMILES string of the molecule is Cc1nc2ccc(-n3ncc(N4CCN(CCO)C(C(=O)C5=Cc6ccccc6[N+]5=C=O)C4)c3N)cc2[nH]1. The second-order valence-corrected chi connectivity index (χ2v) is 9.45. The highest BCUT2D eigenvalue weighted by Crippen LogP contribution is 2.34. The number of carbonyl (C=O) groups is 1. The quantitative estimate of drug-likeness (QED) is 0.263. The third-order valence-corrected chi connectivity index (χ3v) is 7.19. The molecule has 2 aromatic carbocycles. The number of aliphatic hydroxyl groups is 1. The van der Waals surface area contributed by atoms with Gasteiger partial charge in [-0.1, -0.05) is 16.7 Å². The van der Waals surface area contributed by atoms with Crippen LogP contribution in [0.5, 0.6) is 0 Å². The molecule has 1 fully saturated rings. The first-order chi connectivity index (χ1) is 18.5. The number of hydrogen-bond donors (Lipinski definition) is 3. The molecule has 0 amide bonds. The van der Waals surface area contributed by atoms with E-state index < -0.39 is 6.04 Å². The molecule has 4 N–H and O–H groups in total. The van der Waals surface area contributed by atoms with E-state index in [-0.39, 0.29) is 18.1 Å². The number of nitrogens with zero attached hydrogens (tertiary/aromatic N) is 6. The average Bonchev–Trinajstić information content (AvgIpc) is 3.61. The van der Waals surface area contributed by atoms with Gasteiger partial charge in [0.05, 0.1) is 41.1 Å². The fourth-order valence-electron chi connectivity index (χ4n) is 5.34. The Morgan fingerprint density at radius 1 is 1.26 bits per heavy atom. The molecule has 0 saturated carbocycles. The summed E-state index contributed by atoms with van der Waals surface area (Å²) in [6.07, 6.45) is 5.32. The molecule has 2 aliphatic heterocycles. The average molecular weight is 512 g/mol. The number of carbonyl (C=O) groups excluding carboxylic acids is 2. The van der Waals surface area contributed by atoms with Crippen LogP contribution in [0.3, 0.4) is 0 Å². The van der Waals surface area contributed by atoms with Crippen LogP contribution in [0.25, 0.3) is 22.8 Å². The van der Waals surface area contributed by atoms with E-state index in [1.165, 1.54) is 4.58 Å². The largest absolute Gasteiger partial charge is 0.437 e. The molecule has 4 aromatic rings. The van der Waals surface area contributed by atoms with Crippen molar-refractivity contribution >= 4 is 46.2 Å². The maximum atomic E-state index is 13.8. The molecular weight excluding hydrogens is 484 g/mol. The molecule has 2 aromatic heterocycles. The normalized spacial score (nSPS) is 17.5. The number of aromatic nitrogens is 4. The van der Waals surface area contributed by atoms with Crippen molar-refractivity contribution in [2.75, 3.05) is 43.4 Å². The van der Waals surface area contributed by atoms with Gasteiger partial charge >= 0.3 is 6.08 Å². The Morgan fingerprint density at radius 2 is 2.11 bits per heavy atom. The van der Waals surface area contributed by atoms with E-state index in [4.69, 9.17) is 5.73 Å². The minimum absolute atomic E-state index is 0.0812. The predicted molar refractivity (Wildman–Crippen MR) is 142 cm³/mol. The van der Waals surface area contributed by atoms with Gasteiger partial charge in [0.1, 0.15) is 11.5 Å². The molecule has 2 aliphatic rings. The van der Waals surface area contributed by atoms with Crippen LogP contribution in [0.15, 0.2) is 54.4 Å². The van der Waals surface area contributed by atoms with Gasteiger partial charge in [0, 0.05) is 38.3 Å².